The molecule has 2 aromatic carbocycles. The van der Waals surface area contributed by atoms with Crippen molar-refractivity contribution in [3.8, 4) is 5.75 Å². The summed E-state index contributed by atoms with van der Waals surface area (Å²) in [5.74, 6) is -2.90. The molecule has 236 valence electrons. The maximum absolute atomic E-state index is 16.2. The molecule has 0 aliphatic carbocycles. The Balaban J connectivity index is 1.60. The van der Waals surface area contributed by atoms with Crippen molar-refractivity contribution in [2.24, 2.45) is 5.41 Å². The van der Waals surface area contributed by atoms with Gasteiger partial charge in [0.1, 0.15) is 23.7 Å². The maximum atomic E-state index is 16.2. The number of benzene rings is 2. The summed E-state index contributed by atoms with van der Waals surface area (Å²) in [7, 11) is 2.71. The summed E-state index contributed by atoms with van der Waals surface area (Å²) in [5.41, 5.74) is -0.296. The van der Waals surface area contributed by atoms with Crippen LogP contribution in [0, 0.1) is 11.2 Å². The van der Waals surface area contributed by atoms with Crippen molar-refractivity contribution in [3.05, 3.63) is 82.4 Å². The van der Waals surface area contributed by atoms with E-state index in [2.05, 4.69) is 0 Å². The molecule has 12 heteroatoms. The summed E-state index contributed by atoms with van der Waals surface area (Å²) < 4.78 is 26.6. The molecule has 4 heterocycles. The van der Waals surface area contributed by atoms with E-state index in [0.717, 1.165) is 0 Å². The molecular formula is C33H34ClFN4O6. The predicted molar refractivity (Wildman–Crippen MR) is 165 cm³/mol. The highest BCUT2D eigenvalue weighted by Gasteiger charge is 2.73. The largest absolute Gasteiger partial charge is 0.495 e. The van der Waals surface area contributed by atoms with Gasteiger partial charge in [0.15, 0.2) is 0 Å². The smallest absolute Gasteiger partial charge is 0.337 e. The number of carbonyl (C=O) groups is 3. The van der Waals surface area contributed by atoms with Gasteiger partial charge in [-0.1, -0.05) is 44.5 Å². The van der Waals surface area contributed by atoms with E-state index in [9.17, 15) is 19.5 Å². The summed E-state index contributed by atoms with van der Waals surface area (Å²) in [5, 5.41) is 10.3. The summed E-state index contributed by atoms with van der Waals surface area (Å²) >= 11 is 6.33. The zero-order chi connectivity index (χ0) is 32.4. The van der Waals surface area contributed by atoms with E-state index in [1.165, 1.54) is 36.2 Å². The minimum absolute atomic E-state index is 0.0488. The number of aliphatic hydroxyl groups is 1. The molecule has 2 amide bonds. The number of ether oxygens (including phenoxy) is 2. The van der Waals surface area contributed by atoms with Crippen LogP contribution in [0.25, 0.3) is 0 Å². The van der Waals surface area contributed by atoms with Crippen LogP contribution in [0.1, 0.15) is 54.7 Å². The lowest BCUT2D eigenvalue weighted by molar-refractivity contribution is -0.125. The third kappa shape index (κ3) is 4.51. The number of methoxy groups -OCH3 is 2. The number of halogens is 2. The highest BCUT2D eigenvalue weighted by Crippen LogP contribution is 2.62. The Hall–Kier alpha value is -4.06. The van der Waals surface area contributed by atoms with Crippen LogP contribution in [0.15, 0.2) is 54.7 Å². The zero-order valence-electron chi connectivity index (χ0n) is 25.6. The molecule has 1 N–H and O–H groups in total. The van der Waals surface area contributed by atoms with E-state index in [0.29, 0.717) is 23.5 Å². The van der Waals surface area contributed by atoms with Crippen molar-refractivity contribution in [3.63, 3.8) is 0 Å². The Morgan fingerprint density at radius 1 is 1.13 bits per heavy atom. The van der Waals surface area contributed by atoms with Gasteiger partial charge >= 0.3 is 5.97 Å². The van der Waals surface area contributed by atoms with Crippen LogP contribution in [-0.4, -0.2) is 72.5 Å². The Morgan fingerprint density at radius 3 is 2.56 bits per heavy atom. The molecule has 6 rings (SSSR count). The highest BCUT2D eigenvalue weighted by molar-refractivity contribution is 6.30. The van der Waals surface area contributed by atoms with Crippen LogP contribution < -0.4 is 14.5 Å². The molecule has 2 saturated heterocycles. The lowest BCUT2D eigenvalue weighted by Gasteiger charge is -2.40. The first-order chi connectivity index (χ1) is 21.4. The molecule has 0 radical (unpaired) electrons. The summed E-state index contributed by atoms with van der Waals surface area (Å²) in [6.45, 7) is 5.55. The van der Waals surface area contributed by atoms with Crippen LogP contribution in [0.2, 0.25) is 5.02 Å². The fourth-order valence-corrected chi connectivity index (χ4v) is 7.61. The lowest BCUT2D eigenvalue weighted by Crippen LogP contribution is -2.54. The Bertz CT molecular complexity index is 1710. The number of aromatic nitrogens is 1. The second-order valence-electron chi connectivity index (χ2n) is 12.8. The van der Waals surface area contributed by atoms with Gasteiger partial charge in [-0.05, 0) is 53.8 Å². The molecule has 10 nitrogen and oxygen atoms in total. The monoisotopic (exact) mass is 636 g/mol. The molecule has 1 spiro atoms. The van der Waals surface area contributed by atoms with Gasteiger partial charge in [-0.2, -0.15) is 0 Å². The second-order valence-corrected chi connectivity index (χ2v) is 13.2. The minimum atomic E-state index is -1.52. The van der Waals surface area contributed by atoms with Crippen LogP contribution in [0.3, 0.4) is 0 Å². The fourth-order valence-electron chi connectivity index (χ4n) is 7.43. The SMILES string of the molecule is COC(=O)c1ccc(N2CN3[C@@H](CC(C)(C)C)[C@@]4(C(=O)N(CO)c5cccnc54)[C@@H](c4cccc(Cl)c4F)[C@@H]3C2=O)c(OC)c1. The Labute approximate surface area is 265 Å². The summed E-state index contributed by atoms with van der Waals surface area (Å²) in [4.78, 5) is 51.1. The first-order valence-corrected chi connectivity index (χ1v) is 14.9. The van der Waals surface area contributed by atoms with Crippen molar-refractivity contribution < 1.29 is 33.4 Å². The molecule has 3 aliphatic rings. The third-order valence-electron chi connectivity index (χ3n) is 9.14. The Kier molecular flexibility index (Phi) is 7.62. The fraction of sp³-hybridized carbons (Fsp3) is 0.394. The van der Waals surface area contributed by atoms with Gasteiger partial charge in [0.2, 0.25) is 11.8 Å². The number of hydrogen-bond donors (Lipinski definition) is 1. The zero-order valence-corrected chi connectivity index (χ0v) is 26.3. The predicted octanol–water partition coefficient (Wildman–Crippen LogP) is 4.48. The number of aliphatic hydroxyl groups excluding tert-OH is 1. The van der Waals surface area contributed by atoms with Crippen molar-refractivity contribution >= 4 is 40.8 Å². The number of esters is 1. The van der Waals surface area contributed by atoms with E-state index in [-0.39, 0.29) is 39.9 Å². The molecule has 0 bridgehead atoms. The van der Waals surface area contributed by atoms with Gasteiger partial charge in [-0.15, -0.1) is 0 Å². The minimum Gasteiger partial charge on any atom is -0.495 e. The van der Waals surface area contributed by atoms with E-state index < -0.39 is 47.8 Å². The second kappa shape index (κ2) is 11.1. The number of carbonyl (C=O) groups excluding carboxylic acids is 3. The highest BCUT2D eigenvalue weighted by atomic mass is 35.5. The van der Waals surface area contributed by atoms with E-state index in [1.807, 2.05) is 25.7 Å². The average molecular weight is 637 g/mol. The van der Waals surface area contributed by atoms with E-state index in [1.54, 1.807) is 42.6 Å². The summed E-state index contributed by atoms with van der Waals surface area (Å²) in [6.07, 6.45) is 2.00. The number of pyridine rings is 1. The molecule has 1 aromatic heterocycles. The molecule has 4 atom stereocenters. The van der Waals surface area contributed by atoms with Gasteiger partial charge in [0.05, 0.1) is 54.6 Å². The number of fused-ring (bicyclic) bond motifs is 3. The van der Waals surface area contributed by atoms with Gasteiger partial charge in [-0.25, -0.2) is 9.18 Å². The first-order valence-electron chi connectivity index (χ1n) is 14.6. The standard InChI is InChI=1S/C33H34ClFN4O6/c1-32(2,3)15-24-33(28-22(10-7-13-36-28)39(17-40)31(33)43)25(19-8-6-9-20(34)26(19)35)27-29(41)37(16-38(24)27)21-12-11-18(30(42)45-5)14-23(21)44-4/h6-14,24-25,27,40H,15-17H2,1-5H3/t24-,25-,27+,33+/m0/s1. The number of anilines is 2. The van der Waals surface area contributed by atoms with Gasteiger partial charge in [0.25, 0.3) is 0 Å². The molecule has 3 aromatic rings. The summed E-state index contributed by atoms with van der Waals surface area (Å²) in [6, 6.07) is 11.0. The Morgan fingerprint density at radius 2 is 1.89 bits per heavy atom. The molecule has 2 fully saturated rings. The number of hydrogen-bond acceptors (Lipinski definition) is 8. The van der Waals surface area contributed by atoms with Crippen molar-refractivity contribution in [1.29, 1.82) is 0 Å². The number of amides is 2. The maximum Gasteiger partial charge on any atom is 0.337 e. The molecule has 45 heavy (non-hydrogen) atoms. The molecule has 0 unspecified atom stereocenters. The quantitative estimate of drug-likeness (QED) is 0.394. The number of rotatable bonds is 6. The van der Waals surface area contributed by atoms with Gasteiger partial charge in [0, 0.05) is 18.2 Å². The molecule has 0 saturated carbocycles. The normalized spacial score (nSPS) is 24.4. The van der Waals surface area contributed by atoms with Crippen LogP contribution in [0.5, 0.6) is 5.75 Å². The van der Waals surface area contributed by atoms with Crippen molar-refractivity contribution in [1.82, 2.24) is 9.88 Å². The van der Waals surface area contributed by atoms with Crippen LogP contribution >= 0.6 is 11.6 Å². The van der Waals surface area contributed by atoms with Crippen LogP contribution in [0.4, 0.5) is 15.8 Å². The molecule has 3 aliphatic heterocycles. The first kappa shape index (κ1) is 30.9. The van der Waals surface area contributed by atoms with Gasteiger partial charge < -0.3 is 14.6 Å². The van der Waals surface area contributed by atoms with Crippen LogP contribution in [-0.2, 0) is 19.7 Å². The molecular weight excluding hydrogens is 603 g/mol. The van der Waals surface area contributed by atoms with E-state index in [4.69, 9.17) is 26.1 Å². The van der Waals surface area contributed by atoms with Crippen molar-refractivity contribution in [2.75, 3.05) is 37.4 Å². The lowest BCUT2D eigenvalue weighted by atomic mass is 9.63. The van der Waals surface area contributed by atoms with Gasteiger partial charge in [-0.3, -0.25) is 29.3 Å². The number of nitrogens with zero attached hydrogens (tertiary/aromatic N) is 4. The third-order valence-corrected chi connectivity index (χ3v) is 9.43. The van der Waals surface area contributed by atoms with E-state index >= 15 is 4.39 Å². The topological polar surface area (TPSA) is 113 Å². The average Bonchev–Trinajstić information content (AvgIpc) is 3.58. The van der Waals surface area contributed by atoms with Crippen molar-refractivity contribution in [2.45, 2.75) is 50.6 Å².